The van der Waals surface area contributed by atoms with E-state index < -0.39 is 0 Å². The Hall–Kier alpha value is -2.85. The van der Waals surface area contributed by atoms with Crippen LogP contribution in [-0.2, 0) is 17.6 Å². The summed E-state index contributed by atoms with van der Waals surface area (Å²) in [6.07, 6.45) is 4.59. The summed E-state index contributed by atoms with van der Waals surface area (Å²) in [4.78, 5) is 15.8. The standard InChI is InChI=1S/C22H20ClNO3/c23-20-7-3-17(4-8-20)11-14-26-21-9-5-18(6-10-21)12-15-27-22(25)19-2-1-13-24-16-19/h1-10,13,16H,11-12,14-15H2. The zero-order valence-corrected chi connectivity index (χ0v) is 15.6. The summed E-state index contributed by atoms with van der Waals surface area (Å²) in [5, 5.41) is 0.737. The Morgan fingerprint density at radius 3 is 2.22 bits per heavy atom. The zero-order chi connectivity index (χ0) is 18.9. The normalized spacial score (nSPS) is 10.4. The average Bonchev–Trinajstić information content (AvgIpc) is 2.71. The van der Waals surface area contributed by atoms with Gasteiger partial charge in [-0.2, -0.15) is 0 Å². The molecule has 0 N–H and O–H groups in total. The molecule has 5 heteroatoms. The molecule has 0 aliphatic carbocycles. The Morgan fingerprint density at radius 2 is 1.56 bits per heavy atom. The Bertz CT molecular complexity index is 849. The minimum Gasteiger partial charge on any atom is -0.493 e. The average molecular weight is 382 g/mol. The lowest BCUT2D eigenvalue weighted by molar-refractivity contribution is 0.0509. The largest absolute Gasteiger partial charge is 0.493 e. The van der Waals surface area contributed by atoms with Crippen molar-refractivity contribution < 1.29 is 14.3 Å². The van der Waals surface area contributed by atoms with E-state index in [4.69, 9.17) is 21.1 Å². The second-order valence-corrected chi connectivity index (χ2v) is 6.43. The van der Waals surface area contributed by atoms with Crippen molar-refractivity contribution in [2.45, 2.75) is 12.8 Å². The summed E-state index contributed by atoms with van der Waals surface area (Å²) in [7, 11) is 0. The fraction of sp³-hybridized carbons (Fsp3) is 0.182. The molecule has 2 aromatic carbocycles. The molecule has 0 radical (unpaired) electrons. The number of nitrogens with zero attached hydrogens (tertiary/aromatic N) is 1. The predicted octanol–water partition coefficient (Wildman–Crippen LogP) is 4.76. The number of halogens is 1. The van der Waals surface area contributed by atoms with E-state index in [1.165, 1.54) is 11.8 Å². The van der Waals surface area contributed by atoms with E-state index in [2.05, 4.69) is 4.98 Å². The lowest BCUT2D eigenvalue weighted by Crippen LogP contribution is -2.08. The number of carbonyl (C=O) groups is 1. The van der Waals surface area contributed by atoms with Crippen LogP contribution in [-0.4, -0.2) is 24.2 Å². The quantitative estimate of drug-likeness (QED) is 0.528. The second-order valence-electron chi connectivity index (χ2n) is 6.00. The number of esters is 1. The highest BCUT2D eigenvalue weighted by molar-refractivity contribution is 6.30. The van der Waals surface area contributed by atoms with Crippen LogP contribution in [0, 0.1) is 0 Å². The number of hydrogen-bond donors (Lipinski definition) is 0. The van der Waals surface area contributed by atoms with Gasteiger partial charge in [-0.1, -0.05) is 35.9 Å². The van der Waals surface area contributed by atoms with Crippen LogP contribution in [0.3, 0.4) is 0 Å². The van der Waals surface area contributed by atoms with Crippen LogP contribution in [0.1, 0.15) is 21.5 Å². The van der Waals surface area contributed by atoms with Crippen molar-refractivity contribution in [3.05, 3.63) is 94.8 Å². The van der Waals surface area contributed by atoms with Crippen LogP contribution < -0.4 is 4.74 Å². The first-order valence-corrected chi connectivity index (χ1v) is 9.12. The fourth-order valence-electron chi connectivity index (χ4n) is 2.52. The highest BCUT2D eigenvalue weighted by Gasteiger charge is 2.06. The van der Waals surface area contributed by atoms with E-state index in [0.29, 0.717) is 25.2 Å². The van der Waals surface area contributed by atoms with Gasteiger partial charge in [0.2, 0.25) is 0 Å². The van der Waals surface area contributed by atoms with E-state index in [9.17, 15) is 4.79 Å². The molecule has 138 valence electrons. The Morgan fingerprint density at radius 1 is 0.889 bits per heavy atom. The molecule has 0 unspecified atom stereocenters. The molecular weight excluding hydrogens is 362 g/mol. The van der Waals surface area contributed by atoms with Gasteiger partial charge in [0.1, 0.15) is 5.75 Å². The van der Waals surface area contributed by atoms with Gasteiger partial charge in [-0.3, -0.25) is 4.98 Å². The number of ether oxygens (including phenoxy) is 2. The van der Waals surface area contributed by atoms with Gasteiger partial charge in [-0.05, 0) is 47.5 Å². The van der Waals surface area contributed by atoms with Crippen LogP contribution in [0.15, 0.2) is 73.1 Å². The van der Waals surface area contributed by atoms with Gasteiger partial charge in [0, 0.05) is 30.3 Å². The molecule has 0 saturated heterocycles. The molecule has 0 bridgehead atoms. The zero-order valence-electron chi connectivity index (χ0n) is 14.8. The number of benzene rings is 2. The molecule has 0 amide bonds. The molecule has 27 heavy (non-hydrogen) atoms. The van der Waals surface area contributed by atoms with Gasteiger partial charge in [0.25, 0.3) is 0 Å². The van der Waals surface area contributed by atoms with E-state index in [0.717, 1.165) is 22.8 Å². The third kappa shape index (κ3) is 6.12. The predicted molar refractivity (Wildman–Crippen MR) is 105 cm³/mol. The van der Waals surface area contributed by atoms with Crippen molar-refractivity contribution in [3.8, 4) is 5.75 Å². The first kappa shape index (κ1) is 18.9. The van der Waals surface area contributed by atoms with E-state index in [1.807, 2.05) is 48.5 Å². The lowest BCUT2D eigenvalue weighted by atomic mass is 10.1. The van der Waals surface area contributed by atoms with Gasteiger partial charge < -0.3 is 9.47 Å². The maximum atomic E-state index is 11.9. The first-order chi connectivity index (χ1) is 13.2. The summed E-state index contributed by atoms with van der Waals surface area (Å²) in [6, 6.07) is 19.0. The molecule has 0 spiro atoms. The van der Waals surface area contributed by atoms with Gasteiger partial charge in [-0.25, -0.2) is 4.79 Å². The number of carbonyl (C=O) groups excluding carboxylic acids is 1. The Balaban J connectivity index is 1.39. The van der Waals surface area contributed by atoms with Gasteiger partial charge in [0.05, 0.1) is 18.8 Å². The lowest BCUT2D eigenvalue weighted by Gasteiger charge is -2.08. The molecule has 4 nitrogen and oxygen atoms in total. The van der Waals surface area contributed by atoms with Crippen LogP contribution in [0.25, 0.3) is 0 Å². The van der Waals surface area contributed by atoms with Crippen molar-refractivity contribution in [1.82, 2.24) is 4.98 Å². The monoisotopic (exact) mass is 381 g/mol. The molecule has 1 aromatic heterocycles. The fourth-order valence-corrected chi connectivity index (χ4v) is 2.64. The van der Waals surface area contributed by atoms with Gasteiger partial charge in [0.15, 0.2) is 0 Å². The maximum Gasteiger partial charge on any atom is 0.339 e. The maximum absolute atomic E-state index is 11.9. The molecule has 0 saturated carbocycles. The first-order valence-electron chi connectivity index (χ1n) is 8.74. The van der Waals surface area contributed by atoms with Crippen molar-refractivity contribution in [1.29, 1.82) is 0 Å². The molecule has 3 rings (SSSR count). The molecule has 1 heterocycles. The third-order valence-electron chi connectivity index (χ3n) is 4.02. The Kier molecular flexibility index (Phi) is 6.83. The van der Waals surface area contributed by atoms with Crippen LogP contribution in [0.5, 0.6) is 5.75 Å². The number of aromatic nitrogens is 1. The molecule has 3 aromatic rings. The topological polar surface area (TPSA) is 48.4 Å². The van der Waals surface area contributed by atoms with Crippen molar-refractivity contribution in [2.75, 3.05) is 13.2 Å². The Labute approximate surface area is 163 Å². The number of hydrogen-bond acceptors (Lipinski definition) is 4. The van der Waals surface area contributed by atoms with E-state index in [-0.39, 0.29) is 5.97 Å². The van der Waals surface area contributed by atoms with Crippen molar-refractivity contribution in [2.24, 2.45) is 0 Å². The van der Waals surface area contributed by atoms with Gasteiger partial charge >= 0.3 is 5.97 Å². The minimum absolute atomic E-state index is 0.324. The third-order valence-corrected chi connectivity index (χ3v) is 4.27. The number of pyridine rings is 1. The molecule has 0 atom stereocenters. The van der Waals surface area contributed by atoms with Crippen LogP contribution in [0.2, 0.25) is 5.02 Å². The minimum atomic E-state index is -0.356. The van der Waals surface area contributed by atoms with Crippen LogP contribution >= 0.6 is 11.6 Å². The van der Waals surface area contributed by atoms with Crippen molar-refractivity contribution >= 4 is 17.6 Å². The van der Waals surface area contributed by atoms with Crippen LogP contribution in [0.4, 0.5) is 0 Å². The molecule has 0 aliphatic rings. The molecular formula is C22H20ClNO3. The summed E-state index contributed by atoms with van der Waals surface area (Å²) >= 11 is 5.88. The van der Waals surface area contributed by atoms with E-state index in [1.54, 1.807) is 18.3 Å². The van der Waals surface area contributed by atoms with Gasteiger partial charge in [-0.15, -0.1) is 0 Å². The highest BCUT2D eigenvalue weighted by atomic mass is 35.5. The molecule has 0 aliphatic heterocycles. The SMILES string of the molecule is O=C(OCCc1ccc(OCCc2ccc(Cl)cc2)cc1)c1cccnc1. The number of rotatable bonds is 8. The summed E-state index contributed by atoms with van der Waals surface area (Å²) < 4.78 is 11.0. The summed E-state index contributed by atoms with van der Waals surface area (Å²) in [5.74, 6) is 0.463. The summed E-state index contributed by atoms with van der Waals surface area (Å²) in [5.41, 5.74) is 2.73. The highest BCUT2D eigenvalue weighted by Crippen LogP contribution is 2.14. The second kappa shape index (κ2) is 9.74. The van der Waals surface area contributed by atoms with Crippen molar-refractivity contribution in [3.63, 3.8) is 0 Å². The molecule has 0 fully saturated rings. The summed E-state index contributed by atoms with van der Waals surface area (Å²) in [6.45, 7) is 0.925. The smallest absolute Gasteiger partial charge is 0.339 e. The van der Waals surface area contributed by atoms with E-state index >= 15 is 0 Å².